The molecule has 112 valence electrons. The van der Waals surface area contributed by atoms with E-state index in [1.165, 1.54) is 13.0 Å². The van der Waals surface area contributed by atoms with Crippen LogP contribution >= 0.6 is 11.5 Å². The largest absolute Gasteiger partial charge is 0.392 e. The Balaban J connectivity index is 2.06. The van der Waals surface area contributed by atoms with E-state index in [1.807, 2.05) is 0 Å². The summed E-state index contributed by atoms with van der Waals surface area (Å²) < 4.78 is 29.9. The molecule has 2 heterocycles. The van der Waals surface area contributed by atoms with Gasteiger partial charge in [-0.25, -0.2) is 14.2 Å². The number of alkyl halides is 1. The number of halogens is 2. The van der Waals surface area contributed by atoms with Gasteiger partial charge < -0.3 is 10.4 Å². The van der Waals surface area contributed by atoms with Crippen molar-refractivity contribution in [1.29, 1.82) is 0 Å². The third-order valence-corrected chi connectivity index (χ3v) is 3.26. The third kappa shape index (κ3) is 3.92. The van der Waals surface area contributed by atoms with Gasteiger partial charge >= 0.3 is 6.03 Å². The van der Waals surface area contributed by atoms with Crippen molar-refractivity contribution in [2.24, 2.45) is 0 Å². The Morgan fingerprint density at radius 1 is 1.48 bits per heavy atom. The van der Waals surface area contributed by atoms with Crippen molar-refractivity contribution in [3.05, 3.63) is 35.5 Å². The molecule has 9 heteroatoms. The van der Waals surface area contributed by atoms with E-state index in [2.05, 4.69) is 20.0 Å². The number of hydrogen-bond acceptors (Lipinski definition) is 5. The maximum atomic E-state index is 13.0. The van der Waals surface area contributed by atoms with Crippen molar-refractivity contribution in [2.75, 3.05) is 10.6 Å². The van der Waals surface area contributed by atoms with Crippen LogP contribution in [-0.2, 0) is 6.61 Å². The lowest BCUT2D eigenvalue weighted by Crippen LogP contribution is -2.20. The number of hydrogen-bond donors (Lipinski definition) is 3. The van der Waals surface area contributed by atoms with E-state index in [9.17, 15) is 13.6 Å². The molecule has 1 unspecified atom stereocenters. The Morgan fingerprint density at radius 2 is 2.24 bits per heavy atom. The zero-order valence-corrected chi connectivity index (χ0v) is 11.7. The number of aliphatic hydroxyl groups is 1. The minimum atomic E-state index is -1.23. The summed E-state index contributed by atoms with van der Waals surface area (Å²) in [6.45, 7) is 0.944. The molecule has 2 aromatic rings. The lowest BCUT2D eigenvalue weighted by atomic mass is 10.2. The Labute approximate surface area is 123 Å². The van der Waals surface area contributed by atoms with Crippen LogP contribution in [0, 0.1) is 5.95 Å². The van der Waals surface area contributed by atoms with Crippen LogP contribution in [0.3, 0.4) is 0 Å². The van der Waals surface area contributed by atoms with Crippen molar-refractivity contribution in [2.45, 2.75) is 19.7 Å². The maximum absolute atomic E-state index is 13.0. The summed E-state index contributed by atoms with van der Waals surface area (Å²) >= 11 is 0.932. The van der Waals surface area contributed by atoms with Crippen molar-refractivity contribution in [3.8, 4) is 0 Å². The maximum Gasteiger partial charge on any atom is 0.324 e. The molecule has 0 aliphatic carbocycles. The first kappa shape index (κ1) is 15.3. The first-order valence-corrected chi connectivity index (χ1v) is 6.71. The number of anilines is 2. The molecule has 6 nitrogen and oxygen atoms in total. The van der Waals surface area contributed by atoms with Crippen molar-refractivity contribution >= 4 is 28.3 Å². The molecule has 0 radical (unpaired) electrons. The molecule has 0 aliphatic heterocycles. The molecule has 0 aliphatic rings. The van der Waals surface area contributed by atoms with Crippen LogP contribution in [-0.4, -0.2) is 20.5 Å². The number of pyridine rings is 1. The number of aliphatic hydroxyl groups excluding tert-OH is 1. The Bertz CT molecular complexity index is 648. The summed E-state index contributed by atoms with van der Waals surface area (Å²) in [5, 5.41) is 14.3. The molecule has 0 aromatic carbocycles. The zero-order valence-electron chi connectivity index (χ0n) is 10.9. The Kier molecular flexibility index (Phi) is 4.76. The van der Waals surface area contributed by atoms with Crippen LogP contribution < -0.4 is 10.6 Å². The molecule has 0 fully saturated rings. The minimum Gasteiger partial charge on any atom is -0.392 e. The van der Waals surface area contributed by atoms with Crippen molar-refractivity contribution in [1.82, 2.24) is 9.36 Å². The average Bonchev–Trinajstić information content (AvgIpc) is 2.87. The van der Waals surface area contributed by atoms with E-state index in [1.54, 1.807) is 0 Å². The van der Waals surface area contributed by atoms with Gasteiger partial charge in [-0.15, -0.1) is 0 Å². The van der Waals surface area contributed by atoms with Crippen LogP contribution in [0.4, 0.5) is 24.3 Å². The summed E-state index contributed by atoms with van der Waals surface area (Å²) in [5.74, 6) is -0.783. The molecule has 0 saturated carbocycles. The van der Waals surface area contributed by atoms with Gasteiger partial charge in [0, 0.05) is 17.8 Å². The van der Waals surface area contributed by atoms with Crippen LogP contribution in [0.5, 0.6) is 0 Å². The molecular formula is C12H12F2N4O2S. The van der Waals surface area contributed by atoms with E-state index in [0.717, 1.165) is 23.8 Å². The highest BCUT2D eigenvalue weighted by Gasteiger charge is 2.12. The van der Waals surface area contributed by atoms with Gasteiger partial charge in [-0.05, 0) is 24.5 Å². The fraction of sp³-hybridized carbons (Fsp3) is 0.250. The summed E-state index contributed by atoms with van der Waals surface area (Å²) in [5.41, 5.74) is 0.598. The zero-order chi connectivity index (χ0) is 15.4. The predicted molar refractivity (Wildman–Crippen MR) is 74.4 cm³/mol. The molecular weight excluding hydrogens is 302 g/mol. The highest BCUT2D eigenvalue weighted by molar-refractivity contribution is 7.10. The number of carbonyl (C=O) groups excluding carboxylic acids is 1. The van der Waals surface area contributed by atoms with Crippen molar-refractivity contribution < 1.29 is 18.7 Å². The summed E-state index contributed by atoms with van der Waals surface area (Å²) in [6.07, 6.45) is -0.101. The second-order valence-electron chi connectivity index (χ2n) is 4.13. The normalized spacial score (nSPS) is 12.0. The quantitative estimate of drug-likeness (QED) is 0.757. The van der Waals surface area contributed by atoms with Gasteiger partial charge in [-0.1, -0.05) is 0 Å². The lowest BCUT2D eigenvalue weighted by molar-refractivity contribution is 0.262. The van der Waals surface area contributed by atoms with Crippen LogP contribution in [0.15, 0.2) is 18.3 Å². The molecule has 0 spiro atoms. The number of carbonyl (C=O) groups is 1. The smallest absolute Gasteiger partial charge is 0.324 e. The van der Waals surface area contributed by atoms with Gasteiger partial charge in [0.05, 0.1) is 18.0 Å². The van der Waals surface area contributed by atoms with Gasteiger partial charge in [0.1, 0.15) is 11.2 Å². The highest BCUT2D eigenvalue weighted by Crippen LogP contribution is 2.23. The number of nitrogens with zero attached hydrogens (tertiary/aromatic N) is 2. The Hall–Kier alpha value is -2.13. The van der Waals surface area contributed by atoms with Gasteiger partial charge in [-0.2, -0.15) is 8.76 Å². The molecule has 2 rings (SSSR count). The van der Waals surface area contributed by atoms with Gasteiger partial charge in [-0.3, -0.25) is 5.32 Å². The van der Waals surface area contributed by atoms with E-state index in [0.29, 0.717) is 5.00 Å². The molecule has 21 heavy (non-hydrogen) atoms. The van der Waals surface area contributed by atoms with Crippen LogP contribution in [0.1, 0.15) is 24.4 Å². The fourth-order valence-electron chi connectivity index (χ4n) is 1.50. The number of nitrogens with one attached hydrogen (secondary N) is 2. The molecule has 2 aromatic heterocycles. The van der Waals surface area contributed by atoms with Crippen LogP contribution in [0.2, 0.25) is 0 Å². The average molecular weight is 314 g/mol. The monoisotopic (exact) mass is 314 g/mol. The van der Waals surface area contributed by atoms with Gasteiger partial charge in [0.25, 0.3) is 0 Å². The molecule has 0 bridgehead atoms. The minimum absolute atomic E-state index is 0.103. The lowest BCUT2D eigenvalue weighted by Gasteiger charge is -2.09. The fourth-order valence-corrected chi connectivity index (χ4v) is 2.21. The number of urea groups is 1. The number of aromatic nitrogens is 2. The van der Waals surface area contributed by atoms with Gasteiger partial charge in [0.2, 0.25) is 5.95 Å². The molecule has 3 N–H and O–H groups in total. The van der Waals surface area contributed by atoms with Crippen molar-refractivity contribution in [3.63, 3.8) is 0 Å². The Morgan fingerprint density at radius 3 is 2.86 bits per heavy atom. The summed E-state index contributed by atoms with van der Waals surface area (Å²) in [6, 6.07) is 1.75. The van der Waals surface area contributed by atoms with E-state index in [-0.39, 0.29) is 16.9 Å². The van der Waals surface area contributed by atoms with Crippen LogP contribution in [0.25, 0.3) is 0 Å². The summed E-state index contributed by atoms with van der Waals surface area (Å²) in [7, 11) is 0. The predicted octanol–water partition coefficient (Wildman–Crippen LogP) is 2.84. The number of rotatable bonds is 4. The van der Waals surface area contributed by atoms with E-state index in [4.69, 9.17) is 5.11 Å². The third-order valence-electron chi connectivity index (χ3n) is 2.54. The molecule has 0 saturated heterocycles. The summed E-state index contributed by atoms with van der Waals surface area (Å²) in [4.78, 5) is 15.2. The van der Waals surface area contributed by atoms with E-state index < -0.39 is 24.8 Å². The highest BCUT2D eigenvalue weighted by atomic mass is 32.1. The first-order valence-electron chi connectivity index (χ1n) is 5.93. The first-order chi connectivity index (χ1) is 9.99. The molecule has 2 amide bonds. The number of amides is 2. The molecule has 1 atom stereocenters. The SMILES string of the molecule is CC(F)c1cc(NC(=O)Nc2cc(F)ncc2CO)sn1. The van der Waals surface area contributed by atoms with E-state index >= 15 is 0 Å². The van der Waals surface area contributed by atoms with Gasteiger partial charge in [0.15, 0.2) is 0 Å². The second kappa shape index (κ2) is 6.55. The topological polar surface area (TPSA) is 87.1 Å². The second-order valence-corrected chi connectivity index (χ2v) is 4.94. The standard InChI is InChI=1S/C12H12F2N4O2S/c1-6(13)8-3-11(21-18-8)17-12(20)16-9-2-10(14)15-4-7(9)5-19/h2-4,6,19H,5H2,1H3,(H2,15,16,17,20).